The lowest BCUT2D eigenvalue weighted by molar-refractivity contribution is 0.740. The van der Waals surface area contributed by atoms with E-state index in [1.165, 1.54) is 12.8 Å². The number of aromatic nitrogens is 1. The van der Waals surface area contributed by atoms with E-state index in [1.54, 1.807) is 19.3 Å². The Balaban J connectivity index is 0.00000220. The van der Waals surface area contributed by atoms with Crippen molar-refractivity contribution in [3.05, 3.63) is 22.3 Å². The summed E-state index contributed by atoms with van der Waals surface area (Å²) < 4.78 is 0. The fourth-order valence-electron chi connectivity index (χ4n) is 1.69. The first-order chi connectivity index (χ1) is 9.69. The molecule has 1 fully saturated rings. The lowest BCUT2D eigenvalue weighted by Crippen LogP contribution is -2.40. The second-order valence-electron chi connectivity index (χ2n) is 4.73. The number of aliphatic imine (C=N–C) groups is 1. The van der Waals surface area contributed by atoms with Crippen molar-refractivity contribution in [2.24, 2.45) is 10.9 Å². The molecule has 0 radical (unpaired) electrons. The van der Waals surface area contributed by atoms with Gasteiger partial charge in [0.25, 0.3) is 0 Å². The Bertz CT molecular complexity index is 480. The first-order valence-electron chi connectivity index (χ1n) is 6.68. The van der Waals surface area contributed by atoms with Crippen LogP contribution in [-0.2, 0) is 0 Å². The van der Waals surface area contributed by atoms with Crippen LogP contribution in [0.2, 0.25) is 10.0 Å². The van der Waals surface area contributed by atoms with Crippen LogP contribution < -0.4 is 16.0 Å². The minimum Gasteiger partial charge on any atom is -0.367 e. The molecule has 1 aromatic heterocycles. The molecule has 0 aromatic carbocycles. The van der Waals surface area contributed by atoms with E-state index in [1.807, 2.05) is 0 Å². The third-order valence-electron chi connectivity index (χ3n) is 3.00. The highest BCUT2D eigenvalue weighted by Crippen LogP contribution is 2.27. The number of anilines is 1. The molecule has 0 spiro atoms. The summed E-state index contributed by atoms with van der Waals surface area (Å²) in [6.45, 7) is 2.42. The van der Waals surface area contributed by atoms with Crippen LogP contribution >= 0.6 is 47.2 Å². The molecule has 8 heteroatoms. The first-order valence-corrected chi connectivity index (χ1v) is 7.44. The summed E-state index contributed by atoms with van der Waals surface area (Å²) >= 11 is 11.8. The predicted molar refractivity (Wildman–Crippen MR) is 100 cm³/mol. The Kier molecular flexibility index (Phi) is 8.43. The molecule has 3 N–H and O–H groups in total. The van der Waals surface area contributed by atoms with Gasteiger partial charge < -0.3 is 16.0 Å². The quantitative estimate of drug-likeness (QED) is 0.274. The van der Waals surface area contributed by atoms with Crippen LogP contribution in [0.15, 0.2) is 17.3 Å². The Morgan fingerprint density at radius 3 is 2.71 bits per heavy atom. The summed E-state index contributed by atoms with van der Waals surface area (Å²) in [5.74, 6) is 2.29. The molecule has 1 saturated carbocycles. The van der Waals surface area contributed by atoms with Gasteiger partial charge >= 0.3 is 0 Å². The summed E-state index contributed by atoms with van der Waals surface area (Å²) in [4.78, 5) is 8.30. The normalized spacial score (nSPS) is 14.3. The minimum absolute atomic E-state index is 0. The molecule has 1 heterocycles. The van der Waals surface area contributed by atoms with Gasteiger partial charge in [0.2, 0.25) is 0 Å². The zero-order chi connectivity index (χ0) is 14.4. The summed E-state index contributed by atoms with van der Waals surface area (Å²) in [7, 11) is 1.77. The number of halogens is 3. The molecule has 1 aliphatic carbocycles. The van der Waals surface area contributed by atoms with E-state index in [-0.39, 0.29) is 24.0 Å². The molecule has 0 saturated heterocycles. The molecule has 2 rings (SSSR count). The highest BCUT2D eigenvalue weighted by atomic mass is 127. The molecule has 0 bridgehead atoms. The van der Waals surface area contributed by atoms with Crippen molar-refractivity contribution < 1.29 is 0 Å². The van der Waals surface area contributed by atoms with Crippen molar-refractivity contribution in [2.75, 3.05) is 32.0 Å². The number of nitrogens with one attached hydrogen (secondary N) is 3. The van der Waals surface area contributed by atoms with Crippen molar-refractivity contribution in [3.8, 4) is 0 Å². The molecular formula is C13H20Cl2IN5. The van der Waals surface area contributed by atoms with E-state index in [4.69, 9.17) is 23.2 Å². The maximum atomic E-state index is 6.02. The maximum absolute atomic E-state index is 6.02. The van der Waals surface area contributed by atoms with Crippen molar-refractivity contribution >= 4 is 59.0 Å². The Hall–Kier alpha value is -0.470. The van der Waals surface area contributed by atoms with Gasteiger partial charge in [0.05, 0.1) is 10.0 Å². The average Bonchev–Trinajstić information content (AvgIpc) is 3.24. The van der Waals surface area contributed by atoms with Gasteiger partial charge in [-0.15, -0.1) is 24.0 Å². The first kappa shape index (κ1) is 18.6. The van der Waals surface area contributed by atoms with Crippen LogP contribution in [0.5, 0.6) is 0 Å². The van der Waals surface area contributed by atoms with Crippen LogP contribution in [0.4, 0.5) is 5.82 Å². The highest BCUT2D eigenvalue weighted by Gasteiger charge is 2.20. The van der Waals surface area contributed by atoms with Gasteiger partial charge in [-0.3, -0.25) is 4.99 Å². The third kappa shape index (κ3) is 6.88. The van der Waals surface area contributed by atoms with Crippen molar-refractivity contribution in [3.63, 3.8) is 0 Å². The van der Waals surface area contributed by atoms with Gasteiger partial charge in [-0.05, 0) is 24.8 Å². The third-order valence-corrected chi connectivity index (χ3v) is 3.49. The molecule has 0 unspecified atom stereocenters. The molecule has 0 atom stereocenters. The Morgan fingerprint density at radius 2 is 2.10 bits per heavy atom. The second-order valence-corrected chi connectivity index (χ2v) is 5.58. The number of hydrogen-bond donors (Lipinski definition) is 3. The highest BCUT2D eigenvalue weighted by molar-refractivity contribution is 14.0. The van der Waals surface area contributed by atoms with Crippen LogP contribution in [0.3, 0.4) is 0 Å². The van der Waals surface area contributed by atoms with Crippen LogP contribution in [0.25, 0.3) is 0 Å². The van der Waals surface area contributed by atoms with Gasteiger partial charge in [-0.2, -0.15) is 0 Å². The molecule has 1 aromatic rings. The Labute approximate surface area is 152 Å². The van der Waals surface area contributed by atoms with E-state index in [2.05, 4.69) is 25.9 Å². The van der Waals surface area contributed by atoms with Crippen LogP contribution in [0.1, 0.15) is 12.8 Å². The van der Waals surface area contributed by atoms with Gasteiger partial charge in [0, 0.05) is 32.9 Å². The fourth-order valence-corrected chi connectivity index (χ4v) is 2.14. The van der Waals surface area contributed by atoms with E-state index in [9.17, 15) is 0 Å². The van der Waals surface area contributed by atoms with E-state index >= 15 is 0 Å². The number of guanidine groups is 1. The van der Waals surface area contributed by atoms with E-state index in [0.717, 1.165) is 25.0 Å². The lowest BCUT2D eigenvalue weighted by Gasteiger charge is -2.12. The molecule has 0 amide bonds. The predicted octanol–water partition coefficient (Wildman–Crippen LogP) is 2.99. The van der Waals surface area contributed by atoms with Gasteiger partial charge in [0.15, 0.2) is 5.96 Å². The minimum atomic E-state index is 0. The topological polar surface area (TPSA) is 61.3 Å². The summed E-state index contributed by atoms with van der Waals surface area (Å²) in [6.07, 6.45) is 4.22. The maximum Gasteiger partial charge on any atom is 0.191 e. The molecular weight excluding hydrogens is 424 g/mol. The lowest BCUT2D eigenvalue weighted by atomic mass is 10.4. The summed E-state index contributed by atoms with van der Waals surface area (Å²) in [5.41, 5.74) is 0. The van der Waals surface area contributed by atoms with Gasteiger partial charge in [0.1, 0.15) is 5.82 Å². The van der Waals surface area contributed by atoms with Crippen molar-refractivity contribution in [2.45, 2.75) is 12.8 Å². The number of hydrogen-bond acceptors (Lipinski definition) is 3. The molecule has 0 aliphatic heterocycles. The standard InChI is InChI=1S/C13H19Cl2N5.HI/c1-16-13(20-7-9-2-3-9)18-5-4-17-12-11(15)6-10(14)8-19-12;/h6,8-9H,2-5,7H2,1H3,(H,17,19)(H2,16,18,20);1H. The average molecular weight is 444 g/mol. The van der Waals surface area contributed by atoms with Gasteiger partial charge in [-0.25, -0.2) is 4.98 Å². The van der Waals surface area contributed by atoms with Crippen LogP contribution in [0, 0.1) is 5.92 Å². The monoisotopic (exact) mass is 443 g/mol. The van der Waals surface area contributed by atoms with E-state index in [0.29, 0.717) is 22.4 Å². The van der Waals surface area contributed by atoms with Crippen molar-refractivity contribution in [1.29, 1.82) is 0 Å². The molecule has 1 aliphatic rings. The summed E-state index contributed by atoms with van der Waals surface area (Å²) in [5, 5.41) is 10.7. The second kappa shape index (κ2) is 9.53. The smallest absolute Gasteiger partial charge is 0.191 e. The largest absolute Gasteiger partial charge is 0.367 e. The Morgan fingerprint density at radius 1 is 1.33 bits per heavy atom. The van der Waals surface area contributed by atoms with Crippen LogP contribution in [-0.4, -0.2) is 37.6 Å². The van der Waals surface area contributed by atoms with E-state index < -0.39 is 0 Å². The number of rotatable bonds is 6. The molecule has 118 valence electrons. The zero-order valence-corrected chi connectivity index (χ0v) is 15.7. The number of nitrogens with zero attached hydrogens (tertiary/aromatic N) is 2. The molecule has 5 nitrogen and oxygen atoms in total. The SMILES string of the molecule is CN=C(NCCNc1ncc(Cl)cc1Cl)NCC1CC1.I. The van der Waals surface area contributed by atoms with Gasteiger partial charge in [-0.1, -0.05) is 23.2 Å². The fraction of sp³-hybridized carbons (Fsp3) is 0.538. The summed E-state index contributed by atoms with van der Waals surface area (Å²) in [6, 6.07) is 1.67. The molecule has 21 heavy (non-hydrogen) atoms. The van der Waals surface area contributed by atoms with Crippen molar-refractivity contribution in [1.82, 2.24) is 15.6 Å². The zero-order valence-electron chi connectivity index (χ0n) is 11.8. The number of pyridine rings is 1.